The minimum absolute atomic E-state index is 0.243. The Kier molecular flexibility index (Phi) is 3.19. The average molecular weight is 270 g/mol. The lowest BCUT2D eigenvalue weighted by Crippen LogP contribution is -1.92. The molecular formula is C16H12F2N2. The molecule has 4 heteroatoms. The molecule has 1 aromatic carbocycles. The maximum Gasteiger partial charge on any atom is 0.280 e. The van der Waals surface area contributed by atoms with Crippen LogP contribution in [0.2, 0.25) is 0 Å². The van der Waals surface area contributed by atoms with Gasteiger partial charge in [0.2, 0.25) is 0 Å². The number of halogens is 2. The van der Waals surface area contributed by atoms with E-state index in [2.05, 4.69) is 11.1 Å². The van der Waals surface area contributed by atoms with Gasteiger partial charge in [0.15, 0.2) is 0 Å². The Bertz CT molecular complexity index is 685. The number of alkyl halides is 2. The van der Waals surface area contributed by atoms with Crippen LogP contribution in [0.15, 0.2) is 36.5 Å². The van der Waals surface area contributed by atoms with Gasteiger partial charge in [-0.15, -0.1) is 0 Å². The Morgan fingerprint density at radius 1 is 1.15 bits per heavy atom. The normalized spacial score (nSPS) is 14.3. The van der Waals surface area contributed by atoms with Crippen LogP contribution in [0.25, 0.3) is 11.1 Å². The summed E-state index contributed by atoms with van der Waals surface area (Å²) in [6, 6.07) is 10.9. The van der Waals surface area contributed by atoms with Crippen molar-refractivity contribution in [1.82, 2.24) is 4.98 Å². The highest BCUT2D eigenvalue weighted by Gasteiger charge is 2.26. The van der Waals surface area contributed by atoms with Gasteiger partial charge in [0, 0.05) is 6.20 Å². The molecule has 0 bridgehead atoms. The summed E-state index contributed by atoms with van der Waals surface area (Å²) in [6.45, 7) is 0. The summed E-state index contributed by atoms with van der Waals surface area (Å²) in [6.07, 6.45) is 1.03. The highest BCUT2D eigenvalue weighted by atomic mass is 19.3. The number of pyridine rings is 1. The largest absolute Gasteiger partial charge is 0.280 e. The van der Waals surface area contributed by atoms with Gasteiger partial charge in [0.25, 0.3) is 6.43 Å². The Morgan fingerprint density at radius 3 is 2.55 bits per heavy atom. The van der Waals surface area contributed by atoms with Crippen LogP contribution in [0, 0.1) is 11.3 Å². The lowest BCUT2D eigenvalue weighted by atomic mass is 9.97. The van der Waals surface area contributed by atoms with E-state index in [1.807, 2.05) is 12.1 Å². The number of hydrogen-bond donors (Lipinski definition) is 0. The summed E-state index contributed by atoms with van der Waals surface area (Å²) in [5, 5.41) is 9.23. The van der Waals surface area contributed by atoms with Crippen LogP contribution in [0.5, 0.6) is 0 Å². The highest BCUT2D eigenvalue weighted by Crippen LogP contribution is 2.42. The first-order chi connectivity index (χ1) is 9.69. The molecule has 1 aliphatic carbocycles. The third-order valence-electron chi connectivity index (χ3n) is 3.53. The van der Waals surface area contributed by atoms with E-state index < -0.39 is 6.43 Å². The molecule has 0 atom stereocenters. The van der Waals surface area contributed by atoms with Crippen molar-refractivity contribution in [3.63, 3.8) is 0 Å². The van der Waals surface area contributed by atoms with Crippen molar-refractivity contribution in [2.45, 2.75) is 25.2 Å². The molecule has 0 amide bonds. The first kappa shape index (κ1) is 12.7. The third-order valence-corrected chi connectivity index (χ3v) is 3.53. The molecule has 100 valence electrons. The summed E-state index contributed by atoms with van der Waals surface area (Å²) < 4.78 is 25.3. The first-order valence-electron chi connectivity index (χ1n) is 6.47. The standard InChI is InChI=1S/C16H12F2N2/c17-16(18)15-8-12(5-6-20-15)11-3-4-14(10-1-2-10)13(7-11)9-19/h3-8,10,16H,1-2H2. The molecule has 20 heavy (non-hydrogen) atoms. The molecule has 0 spiro atoms. The lowest BCUT2D eigenvalue weighted by Gasteiger charge is -2.07. The molecular weight excluding hydrogens is 258 g/mol. The summed E-state index contributed by atoms with van der Waals surface area (Å²) in [7, 11) is 0. The van der Waals surface area contributed by atoms with Crippen LogP contribution in [0.1, 0.15) is 42.0 Å². The zero-order chi connectivity index (χ0) is 14.1. The second-order valence-electron chi connectivity index (χ2n) is 4.96. The van der Waals surface area contributed by atoms with Crippen LogP contribution in [-0.2, 0) is 0 Å². The number of aromatic nitrogens is 1. The third kappa shape index (κ3) is 2.39. The van der Waals surface area contributed by atoms with Crippen molar-refractivity contribution < 1.29 is 8.78 Å². The van der Waals surface area contributed by atoms with Crippen LogP contribution in [0.4, 0.5) is 8.78 Å². The van der Waals surface area contributed by atoms with Crippen molar-refractivity contribution in [2.24, 2.45) is 0 Å². The quantitative estimate of drug-likeness (QED) is 0.827. The molecule has 1 aliphatic rings. The molecule has 2 nitrogen and oxygen atoms in total. The zero-order valence-corrected chi connectivity index (χ0v) is 10.7. The summed E-state index contributed by atoms with van der Waals surface area (Å²) >= 11 is 0. The number of rotatable bonds is 3. The summed E-state index contributed by atoms with van der Waals surface area (Å²) in [4.78, 5) is 3.65. The topological polar surface area (TPSA) is 36.7 Å². The van der Waals surface area contributed by atoms with Crippen molar-refractivity contribution >= 4 is 0 Å². The van der Waals surface area contributed by atoms with Gasteiger partial charge in [-0.1, -0.05) is 12.1 Å². The van der Waals surface area contributed by atoms with Crippen LogP contribution >= 0.6 is 0 Å². The predicted octanol–water partition coefficient (Wildman–Crippen LogP) is 4.44. The van der Waals surface area contributed by atoms with Crippen LogP contribution in [0.3, 0.4) is 0 Å². The lowest BCUT2D eigenvalue weighted by molar-refractivity contribution is 0.146. The van der Waals surface area contributed by atoms with E-state index in [0.717, 1.165) is 24.0 Å². The monoisotopic (exact) mass is 270 g/mol. The molecule has 3 rings (SSSR count). The number of hydrogen-bond acceptors (Lipinski definition) is 2. The molecule has 0 aliphatic heterocycles. The highest BCUT2D eigenvalue weighted by molar-refractivity contribution is 5.66. The predicted molar refractivity (Wildman–Crippen MR) is 71.3 cm³/mol. The van der Waals surface area contributed by atoms with Gasteiger partial charge in [-0.05, 0) is 53.6 Å². The fourth-order valence-electron chi connectivity index (χ4n) is 2.33. The van der Waals surface area contributed by atoms with E-state index in [0.29, 0.717) is 17.0 Å². The summed E-state index contributed by atoms with van der Waals surface area (Å²) in [5.74, 6) is 0.493. The van der Waals surface area contributed by atoms with Gasteiger partial charge in [0.05, 0.1) is 11.6 Å². The Morgan fingerprint density at radius 2 is 1.90 bits per heavy atom. The number of nitriles is 1. The van der Waals surface area contributed by atoms with Gasteiger partial charge in [-0.2, -0.15) is 5.26 Å². The van der Waals surface area contributed by atoms with Crippen molar-refractivity contribution in [3.05, 3.63) is 53.3 Å². The molecule has 0 unspecified atom stereocenters. The van der Waals surface area contributed by atoms with Crippen LogP contribution in [-0.4, -0.2) is 4.98 Å². The second-order valence-corrected chi connectivity index (χ2v) is 4.96. The van der Waals surface area contributed by atoms with Crippen molar-refractivity contribution in [1.29, 1.82) is 5.26 Å². The maximum atomic E-state index is 12.7. The summed E-state index contributed by atoms with van der Waals surface area (Å²) in [5.41, 5.74) is 2.90. The molecule has 2 aromatic rings. The SMILES string of the molecule is N#Cc1cc(-c2ccnc(C(F)F)c2)ccc1C1CC1. The molecule has 1 saturated carbocycles. The van der Waals surface area contributed by atoms with E-state index >= 15 is 0 Å². The number of benzene rings is 1. The Balaban J connectivity index is 2.02. The first-order valence-corrected chi connectivity index (χ1v) is 6.47. The van der Waals surface area contributed by atoms with Crippen molar-refractivity contribution in [3.8, 4) is 17.2 Å². The van der Waals surface area contributed by atoms with Gasteiger partial charge in [0.1, 0.15) is 5.69 Å². The van der Waals surface area contributed by atoms with Gasteiger partial charge in [-0.25, -0.2) is 8.78 Å². The fourth-order valence-corrected chi connectivity index (χ4v) is 2.33. The molecule has 1 aromatic heterocycles. The molecule has 1 heterocycles. The van der Waals surface area contributed by atoms with Crippen molar-refractivity contribution in [2.75, 3.05) is 0 Å². The fraction of sp³-hybridized carbons (Fsp3) is 0.250. The van der Waals surface area contributed by atoms with E-state index in [1.54, 1.807) is 12.1 Å². The Hall–Kier alpha value is -2.28. The van der Waals surface area contributed by atoms with E-state index in [-0.39, 0.29) is 5.69 Å². The number of nitrogens with zero attached hydrogens (tertiary/aromatic N) is 2. The van der Waals surface area contributed by atoms with Crippen LogP contribution < -0.4 is 0 Å². The smallest absolute Gasteiger partial charge is 0.255 e. The zero-order valence-electron chi connectivity index (χ0n) is 10.7. The second kappa shape index (κ2) is 5.01. The van der Waals surface area contributed by atoms with Gasteiger partial charge < -0.3 is 0 Å². The minimum atomic E-state index is -2.59. The van der Waals surface area contributed by atoms with E-state index in [9.17, 15) is 14.0 Å². The van der Waals surface area contributed by atoms with E-state index in [1.165, 1.54) is 12.3 Å². The molecule has 1 fully saturated rings. The van der Waals surface area contributed by atoms with Gasteiger partial charge in [-0.3, -0.25) is 4.98 Å². The Labute approximate surface area is 115 Å². The minimum Gasteiger partial charge on any atom is -0.255 e. The molecule has 0 N–H and O–H groups in total. The molecule has 0 radical (unpaired) electrons. The van der Waals surface area contributed by atoms with E-state index in [4.69, 9.17) is 0 Å². The van der Waals surface area contributed by atoms with Gasteiger partial charge >= 0.3 is 0 Å². The average Bonchev–Trinajstić information content (AvgIpc) is 3.31. The molecule has 0 saturated heterocycles. The maximum absolute atomic E-state index is 12.7.